The Morgan fingerprint density at radius 2 is 2.31 bits per heavy atom. The van der Waals surface area contributed by atoms with E-state index in [1.54, 1.807) is 0 Å². The normalized spacial score (nSPS) is 21.2. The molecule has 0 bridgehead atoms. The number of hydrogen-bond donors (Lipinski definition) is 1. The molecule has 1 saturated heterocycles. The maximum atomic E-state index is 5.66. The van der Waals surface area contributed by atoms with Crippen molar-refractivity contribution in [3.05, 3.63) is 22.6 Å². The number of nitrogens with one attached hydrogen (secondary N) is 1. The van der Waals surface area contributed by atoms with Crippen molar-refractivity contribution < 1.29 is 9.15 Å². The molecule has 1 aliphatic heterocycles. The predicted molar refractivity (Wildman–Crippen MR) is 66.3 cm³/mol. The third kappa shape index (κ3) is 3.92. The van der Waals surface area contributed by atoms with E-state index in [2.05, 4.69) is 21.2 Å². The van der Waals surface area contributed by atoms with Gasteiger partial charge in [-0.15, -0.1) is 0 Å². The van der Waals surface area contributed by atoms with Crippen molar-refractivity contribution >= 4 is 15.9 Å². The zero-order chi connectivity index (χ0) is 11.2. The smallest absolute Gasteiger partial charge is 0.169 e. The van der Waals surface area contributed by atoms with Gasteiger partial charge in [0.15, 0.2) is 4.67 Å². The molecule has 1 N–H and O–H groups in total. The van der Waals surface area contributed by atoms with E-state index in [-0.39, 0.29) is 0 Å². The molecule has 2 rings (SSSR count). The van der Waals surface area contributed by atoms with E-state index in [9.17, 15) is 0 Å². The molecule has 1 atom stereocenters. The number of ether oxygens (including phenoxy) is 1. The van der Waals surface area contributed by atoms with Crippen LogP contribution in [0.4, 0.5) is 0 Å². The number of halogens is 1. The molecule has 0 aliphatic carbocycles. The van der Waals surface area contributed by atoms with Gasteiger partial charge in [-0.2, -0.15) is 0 Å². The van der Waals surface area contributed by atoms with Gasteiger partial charge in [-0.25, -0.2) is 0 Å². The minimum Gasteiger partial charge on any atom is -0.453 e. The van der Waals surface area contributed by atoms with Crippen molar-refractivity contribution in [2.45, 2.75) is 38.3 Å². The lowest BCUT2D eigenvalue weighted by atomic mass is 10.1. The lowest BCUT2D eigenvalue weighted by Gasteiger charge is -2.22. The van der Waals surface area contributed by atoms with Crippen molar-refractivity contribution in [3.8, 4) is 0 Å². The Kier molecular flexibility index (Phi) is 4.88. The first-order chi connectivity index (χ1) is 7.84. The van der Waals surface area contributed by atoms with Crippen molar-refractivity contribution in [1.29, 1.82) is 0 Å². The highest BCUT2D eigenvalue weighted by Crippen LogP contribution is 2.15. The van der Waals surface area contributed by atoms with Crippen molar-refractivity contribution in [2.75, 3.05) is 13.2 Å². The number of furan rings is 1. The fourth-order valence-electron chi connectivity index (χ4n) is 1.96. The zero-order valence-electron chi connectivity index (χ0n) is 9.38. The Hall–Kier alpha value is -0.320. The van der Waals surface area contributed by atoms with Crippen LogP contribution in [0, 0.1) is 0 Å². The van der Waals surface area contributed by atoms with Crippen LogP contribution in [0.5, 0.6) is 0 Å². The third-order valence-electron chi connectivity index (χ3n) is 2.85. The van der Waals surface area contributed by atoms with Gasteiger partial charge in [0.05, 0.1) is 12.6 Å². The molecule has 4 heteroatoms. The van der Waals surface area contributed by atoms with Gasteiger partial charge in [-0.1, -0.05) is 0 Å². The van der Waals surface area contributed by atoms with Crippen LogP contribution in [0.2, 0.25) is 0 Å². The average molecular weight is 288 g/mol. The van der Waals surface area contributed by atoms with Gasteiger partial charge in [0, 0.05) is 6.61 Å². The van der Waals surface area contributed by atoms with E-state index in [0.717, 1.165) is 36.5 Å². The second-order valence-electron chi connectivity index (χ2n) is 4.16. The van der Waals surface area contributed by atoms with Crippen LogP contribution in [-0.4, -0.2) is 19.3 Å². The Labute approximate surface area is 105 Å². The van der Waals surface area contributed by atoms with Gasteiger partial charge >= 0.3 is 0 Å². The molecule has 1 fully saturated rings. The SMILES string of the molecule is Brc1ccc(CNCCC2CCCCO2)o1. The molecule has 0 spiro atoms. The first-order valence-electron chi connectivity index (χ1n) is 5.91. The Bertz CT molecular complexity index is 308. The fraction of sp³-hybridized carbons (Fsp3) is 0.667. The van der Waals surface area contributed by atoms with Crippen LogP contribution in [0.3, 0.4) is 0 Å². The molecule has 0 saturated carbocycles. The molecular formula is C12H18BrNO2. The largest absolute Gasteiger partial charge is 0.453 e. The monoisotopic (exact) mass is 287 g/mol. The minimum atomic E-state index is 0.463. The summed E-state index contributed by atoms with van der Waals surface area (Å²) in [4.78, 5) is 0. The first-order valence-corrected chi connectivity index (χ1v) is 6.70. The summed E-state index contributed by atoms with van der Waals surface area (Å²) in [5.41, 5.74) is 0. The van der Waals surface area contributed by atoms with Crippen molar-refractivity contribution in [3.63, 3.8) is 0 Å². The second kappa shape index (κ2) is 6.42. The summed E-state index contributed by atoms with van der Waals surface area (Å²) in [5.74, 6) is 0.969. The molecule has 0 amide bonds. The van der Waals surface area contributed by atoms with Crippen molar-refractivity contribution in [1.82, 2.24) is 5.32 Å². The van der Waals surface area contributed by atoms with Crippen LogP contribution in [-0.2, 0) is 11.3 Å². The van der Waals surface area contributed by atoms with E-state index < -0.39 is 0 Å². The molecule has 3 nitrogen and oxygen atoms in total. The number of rotatable bonds is 5. The summed E-state index contributed by atoms with van der Waals surface area (Å²) in [6.45, 7) is 2.72. The van der Waals surface area contributed by atoms with E-state index in [1.165, 1.54) is 19.3 Å². The van der Waals surface area contributed by atoms with E-state index in [4.69, 9.17) is 9.15 Å². The average Bonchev–Trinajstić information content (AvgIpc) is 2.72. The van der Waals surface area contributed by atoms with Gasteiger partial charge in [-0.05, 0) is 60.3 Å². The molecule has 2 heterocycles. The third-order valence-corrected chi connectivity index (χ3v) is 3.27. The van der Waals surface area contributed by atoms with Crippen LogP contribution < -0.4 is 5.32 Å². The van der Waals surface area contributed by atoms with E-state index in [1.807, 2.05) is 12.1 Å². The summed E-state index contributed by atoms with van der Waals surface area (Å²) >= 11 is 3.29. The lowest BCUT2D eigenvalue weighted by Crippen LogP contribution is -2.25. The second-order valence-corrected chi connectivity index (χ2v) is 4.94. The van der Waals surface area contributed by atoms with Crippen molar-refractivity contribution in [2.24, 2.45) is 0 Å². The summed E-state index contributed by atoms with van der Waals surface area (Å²) in [5, 5.41) is 3.37. The Morgan fingerprint density at radius 3 is 3.00 bits per heavy atom. The van der Waals surface area contributed by atoms with E-state index in [0.29, 0.717) is 6.10 Å². The lowest BCUT2D eigenvalue weighted by molar-refractivity contribution is 0.0115. The summed E-state index contributed by atoms with van der Waals surface area (Å²) in [7, 11) is 0. The van der Waals surface area contributed by atoms with Crippen LogP contribution in [0.15, 0.2) is 21.2 Å². The van der Waals surface area contributed by atoms with Gasteiger partial charge in [-0.3, -0.25) is 0 Å². The maximum Gasteiger partial charge on any atom is 0.169 e. The highest BCUT2D eigenvalue weighted by molar-refractivity contribution is 9.10. The molecule has 16 heavy (non-hydrogen) atoms. The Balaban J connectivity index is 1.57. The van der Waals surface area contributed by atoms with Gasteiger partial charge < -0.3 is 14.5 Å². The summed E-state index contributed by atoms with van der Waals surface area (Å²) in [6.07, 6.45) is 5.32. The predicted octanol–water partition coefficient (Wildman–Crippen LogP) is 3.09. The summed E-state index contributed by atoms with van der Waals surface area (Å²) < 4.78 is 11.9. The van der Waals surface area contributed by atoms with E-state index >= 15 is 0 Å². The molecule has 1 unspecified atom stereocenters. The molecule has 90 valence electrons. The minimum absolute atomic E-state index is 0.463. The Morgan fingerprint density at radius 1 is 1.38 bits per heavy atom. The maximum absolute atomic E-state index is 5.66. The summed E-state index contributed by atoms with van der Waals surface area (Å²) in [6, 6.07) is 3.90. The topological polar surface area (TPSA) is 34.4 Å². The van der Waals surface area contributed by atoms with Gasteiger partial charge in [0.25, 0.3) is 0 Å². The van der Waals surface area contributed by atoms with Crippen LogP contribution in [0.1, 0.15) is 31.4 Å². The molecule has 0 aromatic carbocycles. The number of hydrogen-bond acceptors (Lipinski definition) is 3. The van der Waals surface area contributed by atoms with Crippen LogP contribution in [0.25, 0.3) is 0 Å². The quantitative estimate of drug-likeness (QED) is 0.845. The molecule has 1 aliphatic rings. The molecule has 0 radical (unpaired) electrons. The highest BCUT2D eigenvalue weighted by Gasteiger charge is 2.12. The first kappa shape index (κ1) is 12.1. The molecule has 1 aromatic rings. The van der Waals surface area contributed by atoms with Gasteiger partial charge in [0.2, 0.25) is 0 Å². The fourth-order valence-corrected chi connectivity index (χ4v) is 2.30. The highest BCUT2D eigenvalue weighted by atomic mass is 79.9. The van der Waals surface area contributed by atoms with Crippen LogP contribution >= 0.6 is 15.9 Å². The molecule has 1 aromatic heterocycles. The van der Waals surface area contributed by atoms with Gasteiger partial charge in [0.1, 0.15) is 5.76 Å². The standard InChI is InChI=1S/C12H18BrNO2/c13-12-5-4-11(16-12)9-14-7-6-10-3-1-2-8-15-10/h4-5,10,14H,1-3,6-9H2. The zero-order valence-corrected chi connectivity index (χ0v) is 11.0. The molecular weight excluding hydrogens is 270 g/mol.